The average molecular weight is 280 g/mol. The molecular formula is C14H22BFN2O2. The molecule has 4 nitrogen and oxygen atoms in total. The quantitative estimate of drug-likeness (QED) is 0.747. The van der Waals surface area contributed by atoms with E-state index in [0.717, 1.165) is 31.5 Å². The Morgan fingerprint density at radius 2 is 2.15 bits per heavy atom. The molecule has 6 heteroatoms. The van der Waals surface area contributed by atoms with Gasteiger partial charge in [-0.3, -0.25) is 4.90 Å². The number of nitrogens with zero attached hydrogens (tertiary/aromatic N) is 2. The van der Waals surface area contributed by atoms with Crippen molar-refractivity contribution in [3.05, 3.63) is 29.6 Å². The molecule has 20 heavy (non-hydrogen) atoms. The Labute approximate surface area is 120 Å². The topological polar surface area (TPSA) is 46.9 Å². The molecule has 1 aliphatic rings. The molecule has 0 aromatic heterocycles. The molecular weight excluding hydrogens is 258 g/mol. The van der Waals surface area contributed by atoms with Crippen LogP contribution in [0.3, 0.4) is 0 Å². The van der Waals surface area contributed by atoms with Gasteiger partial charge in [-0.1, -0.05) is 6.07 Å². The highest BCUT2D eigenvalue weighted by molar-refractivity contribution is 6.59. The van der Waals surface area contributed by atoms with Gasteiger partial charge < -0.3 is 14.9 Å². The van der Waals surface area contributed by atoms with Crippen molar-refractivity contribution in [1.82, 2.24) is 9.80 Å². The van der Waals surface area contributed by atoms with Crippen molar-refractivity contribution in [2.45, 2.75) is 25.4 Å². The van der Waals surface area contributed by atoms with E-state index in [1.165, 1.54) is 12.1 Å². The van der Waals surface area contributed by atoms with Gasteiger partial charge in [0, 0.05) is 19.1 Å². The predicted molar refractivity (Wildman–Crippen MR) is 78.2 cm³/mol. The number of halogens is 1. The summed E-state index contributed by atoms with van der Waals surface area (Å²) >= 11 is 0. The van der Waals surface area contributed by atoms with Gasteiger partial charge in [-0.25, -0.2) is 4.39 Å². The van der Waals surface area contributed by atoms with Crippen LogP contribution < -0.4 is 5.46 Å². The Hall–Kier alpha value is -0.945. The fraction of sp³-hybridized carbons (Fsp3) is 0.571. The lowest BCUT2D eigenvalue weighted by atomic mass is 9.77. The van der Waals surface area contributed by atoms with Crippen molar-refractivity contribution in [3.63, 3.8) is 0 Å². The average Bonchev–Trinajstić information content (AvgIpc) is 2.78. The Morgan fingerprint density at radius 1 is 1.40 bits per heavy atom. The largest absolute Gasteiger partial charge is 0.488 e. The molecule has 1 aromatic carbocycles. The normalized spacial score (nSPS) is 19.8. The Balaban J connectivity index is 2.13. The maximum Gasteiger partial charge on any atom is 0.488 e. The van der Waals surface area contributed by atoms with Crippen molar-refractivity contribution in [3.8, 4) is 0 Å². The summed E-state index contributed by atoms with van der Waals surface area (Å²) in [4.78, 5) is 4.49. The van der Waals surface area contributed by atoms with Crippen molar-refractivity contribution in [1.29, 1.82) is 0 Å². The maximum absolute atomic E-state index is 13.2. The van der Waals surface area contributed by atoms with E-state index >= 15 is 0 Å². The third-order valence-electron chi connectivity index (χ3n) is 3.83. The Morgan fingerprint density at radius 3 is 2.80 bits per heavy atom. The summed E-state index contributed by atoms with van der Waals surface area (Å²) in [7, 11) is 2.48. The molecule has 0 amide bonds. The molecule has 1 aromatic rings. The van der Waals surface area contributed by atoms with E-state index in [2.05, 4.69) is 23.9 Å². The Bertz CT molecular complexity index is 457. The minimum atomic E-state index is -1.63. The summed E-state index contributed by atoms with van der Waals surface area (Å²) in [5.41, 5.74) is 1.05. The van der Waals surface area contributed by atoms with Crippen molar-refractivity contribution < 1.29 is 14.4 Å². The SMILES string of the molecule is CN(C)CC1CCCN1Cc1ccc(F)cc1B(O)O. The lowest BCUT2D eigenvalue weighted by Gasteiger charge is -2.27. The van der Waals surface area contributed by atoms with Crippen LogP contribution in [-0.4, -0.2) is 60.2 Å². The number of rotatable bonds is 5. The third kappa shape index (κ3) is 3.79. The minimum absolute atomic E-state index is 0.264. The van der Waals surface area contributed by atoms with E-state index in [4.69, 9.17) is 0 Å². The highest BCUT2D eigenvalue weighted by Gasteiger charge is 2.26. The van der Waals surface area contributed by atoms with Crippen LogP contribution in [0, 0.1) is 5.82 Å². The van der Waals surface area contributed by atoms with Crippen LogP contribution in [0.5, 0.6) is 0 Å². The van der Waals surface area contributed by atoms with Gasteiger partial charge in [-0.15, -0.1) is 0 Å². The lowest BCUT2D eigenvalue weighted by molar-refractivity contribution is 0.201. The van der Waals surface area contributed by atoms with Crippen LogP contribution in [0.2, 0.25) is 0 Å². The van der Waals surface area contributed by atoms with E-state index in [1.54, 1.807) is 6.07 Å². The third-order valence-corrected chi connectivity index (χ3v) is 3.83. The first-order valence-electron chi connectivity index (χ1n) is 7.00. The van der Waals surface area contributed by atoms with Crippen LogP contribution in [0.1, 0.15) is 18.4 Å². The molecule has 1 unspecified atom stereocenters. The smallest absolute Gasteiger partial charge is 0.423 e. The van der Waals surface area contributed by atoms with E-state index in [-0.39, 0.29) is 5.46 Å². The zero-order valence-corrected chi connectivity index (χ0v) is 12.1. The molecule has 1 saturated heterocycles. The molecule has 1 fully saturated rings. The van der Waals surface area contributed by atoms with Gasteiger partial charge in [0.15, 0.2) is 0 Å². The molecule has 1 aliphatic heterocycles. The monoisotopic (exact) mass is 280 g/mol. The molecule has 0 radical (unpaired) electrons. The maximum atomic E-state index is 13.2. The van der Waals surface area contributed by atoms with Crippen LogP contribution in [0.4, 0.5) is 4.39 Å². The number of benzene rings is 1. The molecule has 110 valence electrons. The summed E-state index contributed by atoms with van der Waals surface area (Å²) in [6.45, 7) is 2.61. The number of likely N-dealkylation sites (N-methyl/N-ethyl adjacent to an activating group) is 1. The first kappa shape index (κ1) is 15.4. The molecule has 0 aliphatic carbocycles. The van der Waals surface area contributed by atoms with Crippen LogP contribution in [-0.2, 0) is 6.54 Å². The minimum Gasteiger partial charge on any atom is -0.423 e. The van der Waals surface area contributed by atoms with Crippen molar-refractivity contribution in [2.75, 3.05) is 27.2 Å². The van der Waals surface area contributed by atoms with Gasteiger partial charge >= 0.3 is 7.12 Å². The summed E-state index contributed by atoms with van der Waals surface area (Å²) < 4.78 is 13.2. The summed E-state index contributed by atoms with van der Waals surface area (Å²) in [6, 6.07) is 4.70. The zero-order valence-electron chi connectivity index (χ0n) is 12.1. The fourth-order valence-corrected chi connectivity index (χ4v) is 2.90. The van der Waals surface area contributed by atoms with Crippen LogP contribution in [0.15, 0.2) is 18.2 Å². The van der Waals surface area contributed by atoms with Crippen molar-refractivity contribution >= 4 is 12.6 Å². The molecule has 0 saturated carbocycles. The van der Waals surface area contributed by atoms with Gasteiger partial charge in [-0.2, -0.15) is 0 Å². The van der Waals surface area contributed by atoms with Crippen molar-refractivity contribution in [2.24, 2.45) is 0 Å². The van der Waals surface area contributed by atoms with Gasteiger partial charge in [-0.05, 0) is 56.6 Å². The molecule has 1 heterocycles. The van der Waals surface area contributed by atoms with E-state index in [1.807, 2.05) is 0 Å². The summed E-state index contributed by atoms with van der Waals surface area (Å²) in [5.74, 6) is -0.442. The predicted octanol–water partition coefficient (Wildman–Crippen LogP) is 0.0315. The molecule has 2 N–H and O–H groups in total. The van der Waals surface area contributed by atoms with Gasteiger partial charge in [0.2, 0.25) is 0 Å². The van der Waals surface area contributed by atoms with Gasteiger partial charge in [0.25, 0.3) is 0 Å². The van der Waals surface area contributed by atoms with E-state index < -0.39 is 12.9 Å². The second-order valence-corrected chi connectivity index (χ2v) is 5.75. The van der Waals surface area contributed by atoms with E-state index in [0.29, 0.717) is 12.6 Å². The highest BCUT2D eigenvalue weighted by Crippen LogP contribution is 2.20. The number of hydrogen-bond acceptors (Lipinski definition) is 4. The number of hydrogen-bond donors (Lipinski definition) is 2. The molecule has 2 rings (SSSR count). The summed E-state index contributed by atoms with van der Waals surface area (Å²) in [6.07, 6.45) is 2.30. The molecule has 0 bridgehead atoms. The van der Waals surface area contributed by atoms with E-state index in [9.17, 15) is 14.4 Å². The molecule has 1 atom stereocenters. The highest BCUT2D eigenvalue weighted by atomic mass is 19.1. The second-order valence-electron chi connectivity index (χ2n) is 5.75. The first-order valence-corrected chi connectivity index (χ1v) is 7.00. The second kappa shape index (κ2) is 6.67. The number of likely N-dealkylation sites (tertiary alicyclic amines) is 1. The van der Waals surface area contributed by atoms with Gasteiger partial charge in [0.1, 0.15) is 5.82 Å². The lowest BCUT2D eigenvalue weighted by Crippen LogP contribution is -2.40. The van der Waals surface area contributed by atoms with Crippen LogP contribution >= 0.6 is 0 Å². The first-order chi connectivity index (χ1) is 9.47. The fourth-order valence-electron chi connectivity index (χ4n) is 2.90. The standard InChI is InChI=1S/C14H22BFN2O2/c1-17(2)10-13-4-3-7-18(13)9-11-5-6-12(16)8-14(11)15(19)20/h5-6,8,13,19-20H,3-4,7,9-10H2,1-2H3. The summed E-state index contributed by atoms with van der Waals surface area (Å²) in [5, 5.41) is 18.8. The van der Waals surface area contributed by atoms with Gasteiger partial charge in [0.05, 0.1) is 0 Å². The van der Waals surface area contributed by atoms with Crippen LogP contribution in [0.25, 0.3) is 0 Å². The Kier molecular flexibility index (Phi) is 5.15. The molecule has 0 spiro atoms. The zero-order chi connectivity index (χ0) is 14.7.